The van der Waals surface area contributed by atoms with Crippen molar-refractivity contribution in [1.82, 2.24) is 9.88 Å². The van der Waals surface area contributed by atoms with Crippen LogP contribution < -0.4 is 5.32 Å². The van der Waals surface area contributed by atoms with E-state index >= 15 is 0 Å². The van der Waals surface area contributed by atoms with Crippen LogP contribution in [0.3, 0.4) is 0 Å². The largest absolute Gasteiger partial charge is 0.444 e. The second kappa shape index (κ2) is 5.22. The van der Waals surface area contributed by atoms with Gasteiger partial charge < -0.3 is 14.6 Å². The van der Waals surface area contributed by atoms with Gasteiger partial charge in [0, 0.05) is 24.0 Å². The number of nitrogens with zero attached hydrogens (tertiary/aromatic N) is 1. The summed E-state index contributed by atoms with van der Waals surface area (Å²) in [6.45, 7) is 7.76. The molecular weight excluding hydrogens is 302 g/mol. The topological polar surface area (TPSA) is 43.3 Å². The maximum Gasteiger partial charge on any atom is 0.407 e. The molecule has 0 radical (unpaired) electrons. The van der Waals surface area contributed by atoms with Crippen molar-refractivity contribution in [2.45, 2.75) is 51.8 Å². The Hall–Kier alpha value is -2.11. The second-order valence-electron chi connectivity index (χ2n) is 7.03. The average Bonchev–Trinajstić information content (AvgIpc) is 2.83. The number of rotatable bonds is 1. The van der Waals surface area contributed by atoms with Gasteiger partial charge in [0.05, 0.1) is 11.6 Å². The van der Waals surface area contributed by atoms with Crippen LogP contribution in [0.2, 0.25) is 0 Å². The van der Waals surface area contributed by atoms with Crippen molar-refractivity contribution < 1.29 is 18.3 Å². The third-order valence-electron chi connectivity index (χ3n) is 4.15. The quantitative estimate of drug-likeness (QED) is 0.864. The van der Waals surface area contributed by atoms with E-state index in [-0.39, 0.29) is 17.3 Å². The molecule has 124 valence electrons. The summed E-state index contributed by atoms with van der Waals surface area (Å²) in [6.07, 6.45) is 1.20. The van der Waals surface area contributed by atoms with Crippen molar-refractivity contribution in [3.8, 4) is 0 Å². The van der Waals surface area contributed by atoms with E-state index in [1.807, 2.05) is 11.5 Å². The van der Waals surface area contributed by atoms with Gasteiger partial charge in [0.15, 0.2) is 11.6 Å². The highest BCUT2D eigenvalue weighted by atomic mass is 19.2. The molecular formula is C17H20F2N2O2. The highest BCUT2D eigenvalue weighted by Gasteiger charge is 2.32. The molecule has 0 spiro atoms. The molecule has 0 fully saturated rings. The highest BCUT2D eigenvalue weighted by molar-refractivity contribution is 5.85. The van der Waals surface area contributed by atoms with Crippen LogP contribution in [0.15, 0.2) is 18.3 Å². The van der Waals surface area contributed by atoms with E-state index in [4.69, 9.17) is 4.74 Å². The van der Waals surface area contributed by atoms with E-state index in [1.54, 1.807) is 33.0 Å². The van der Waals surface area contributed by atoms with Crippen molar-refractivity contribution in [2.75, 3.05) is 0 Å². The summed E-state index contributed by atoms with van der Waals surface area (Å²) < 4.78 is 34.8. The molecule has 1 N–H and O–H groups in total. The number of halogens is 2. The van der Waals surface area contributed by atoms with E-state index in [0.29, 0.717) is 17.6 Å². The maximum atomic E-state index is 13.9. The van der Waals surface area contributed by atoms with Crippen LogP contribution in [-0.4, -0.2) is 22.3 Å². The molecule has 1 aromatic heterocycles. The lowest BCUT2D eigenvalue weighted by atomic mass is 9.89. The lowest BCUT2D eigenvalue weighted by Crippen LogP contribution is -2.45. The number of ether oxygens (including phenoxy) is 1. The Morgan fingerprint density at radius 1 is 1.39 bits per heavy atom. The minimum absolute atomic E-state index is 0.150. The van der Waals surface area contributed by atoms with E-state index in [9.17, 15) is 13.6 Å². The third kappa shape index (κ3) is 2.78. The lowest BCUT2D eigenvalue weighted by Gasteiger charge is -2.32. The Morgan fingerprint density at radius 2 is 2.09 bits per heavy atom. The van der Waals surface area contributed by atoms with Crippen LogP contribution in [0, 0.1) is 11.6 Å². The van der Waals surface area contributed by atoms with Gasteiger partial charge in [-0.2, -0.15) is 0 Å². The molecule has 2 atom stereocenters. The van der Waals surface area contributed by atoms with E-state index in [2.05, 4.69) is 5.32 Å². The standard InChI is InChI=1S/C17H20F2N2O2/c1-9-11-7-12(18)14(19)10-5-6-21(15(10)11)8-13(9)20-16(22)23-17(2,3)4/h5-7,9,13H,8H2,1-4H3,(H,20,22)/t9-,13-/m0/s1. The van der Waals surface area contributed by atoms with Gasteiger partial charge in [-0.05, 0) is 38.5 Å². The molecule has 2 aromatic rings. The first-order valence-electron chi connectivity index (χ1n) is 7.63. The number of hydrogen-bond acceptors (Lipinski definition) is 2. The summed E-state index contributed by atoms with van der Waals surface area (Å²) in [4.78, 5) is 12.0. The first-order valence-corrected chi connectivity index (χ1v) is 7.63. The normalized spacial score (nSPS) is 20.6. The molecule has 1 aliphatic heterocycles. The van der Waals surface area contributed by atoms with Crippen molar-refractivity contribution in [3.63, 3.8) is 0 Å². The Morgan fingerprint density at radius 3 is 2.74 bits per heavy atom. The Kier molecular flexibility index (Phi) is 3.58. The van der Waals surface area contributed by atoms with Crippen LogP contribution in [0.4, 0.5) is 13.6 Å². The fourth-order valence-corrected chi connectivity index (χ4v) is 3.08. The van der Waals surface area contributed by atoms with Gasteiger partial charge in [-0.15, -0.1) is 0 Å². The minimum atomic E-state index is -0.866. The number of nitrogens with one attached hydrogen (secondary N) is 1. The fourth-order valence-electron chi connectivity index (χ4n) is 3.08. The summed E-state index contributed by atoms with van der Waals surface area (Å²) in [7, 11) is 0. The molecule has 23 heavy (non-hydrogen) atoms. The molecule has 1 amide bonds. The van der Waals surface area contributed by atoms with Gasteiger partial charge in [0.2, 0.25) is 0 Å². The van der Waals surface area contributed by atoms with Crippen LogP contribution >= 0.6 is 0 Å². The summed E-state index contributed by atoms with van der Waals surface area (Å²) >= 11 is 0. The van der Waals surface area contributed by atoms with Gasteiger partial charge in [0.25, 0.3) is 0 Å². The zero-order valence-corrected chi connectivity index (χ0v) is 13.6. The molecule has 0 bridgehead atoms. The molecule has 3 rings (SSSR count). The number of carbonyl (C=O) groups excluding carboxylic acids is 1. The van der Waals surface area contributed by atoms with Crippen LogP contribution in [0.5, 0.6) is 0 Å². The molecule has 0 saturated heterocycles. The Balaban J connectivity index is 1.91. The number of aromatic nitrogens is 1. The fraction of sp³-hybridized carbons (Fsp3) is 0.471. The first-order chi connectivity index (χ1) is 10.7. The van der Waals surface area contributed by atoms with Crippen LogP contribution in [-0.2, 0) is 11.3 Å². The molecule has 4 nitrogen and oxygen atoms in total. The summed E-state index contributed by atoms with van der Waals surface area (Å²) in [6, 6.07) is 2.54. The number of benzene rings is 1. The van der Waals surface area contributed by atoms with Gasteiger partial charge in [0.1, 0.15) is 5.60 Å². The monoisotopic (exact) mass is 322 g/mol. The number of hydrogen-bond donors (Lipinski definition) is 1. The first kappa shape index (κ1) is 15.8. The van der Waals surface area contributed by atoms with E-state index in [0.717, 1.165) is 0 Å². The van der Waals surface area contributed by atoms with E-state index in [1.165, 1.54) is 6.07 Å². The molecule has 1 aromatic carbocycles. The van der Waals surface area contributed by atoms with Crippen molar-refractivity contribution in [3.05, 3.63) is 35.5 Å². The van der Waals surface area contributed by atoms with Crippen molar-refractivity contribution in [1.29, 1.82) is 0 Å². The third-order valence-corrected chi connectivity index (χ3v) is 4.15. The SMILES string of the molecule is C[C@H]1c2cc(F)c(F)c3ccn(c23)C[C@@H]1NC(=O)OC(C)(C)C. The van der Waals surface area contributed by atoms with Crippen molar-refractivity contribution in [2.24, 2.45) is 0 Å². The zero-order chi connectivity index (χ0) is 16.9. The van der Waals surface area contributed by atoms with Gasteiger partial charge in [-0.25, -0.2) is 13.6 Å². The number of amides is 1. The lowest BCUT2D eigenvalue weighted by molar-refractivity contribution is 0.0491. The Bertz CT molecular complexity index is 777. The number of carbonyl (C=O) groups is 1. The minimum Gasteiger partial charge on any atom is -0.444 e. The maximum absolute atomic E-state index is 13.9. The summed E-state index contributed by atoms with van der Waals surface area (Å²) in [5.74, 6) is -1.84. The average molecular weight is 322 g/mol. The van der Waals surface area contributed by atoms with Gasteiger partial charge in [-0.1, -0.05) is 6.92 Å². The van der Waals surface area contributed by atoms with Crippen molar-refractivity contribution >= 4 is 17.0 Å². The smallest absolute Gasteiger partial charge is 0.407 e. The molecule has 0 unspecified atom stereocenters. The zero-order valence-electron chi connectivity index (χ0n) is 13.6. The molecule has 2 heterocycles. The summed E-state index contributed by atoms with van der Waals surface area (Å²) in [5, 5.41) is 3.11. The van der Waals surface area contributed by atoms with Crippen LogP contribution in [0.25, 0.3) is 10.9 Å². The predicted molar refractivity (Wildman–Crippen MR) is 83.4 cm³/mol. The molecule has 0 saturated carbocycles. The molecule has 0 aliphatic carbocycles. The second-order valence-corrected chi connectivity index (χ2v) is 7.03. The van der Waals surface area contributed by atoms with Gasteiger partial charge in [-0.3, -0.25) is 0 Å². The summed E-state index contributed by atoms with van der Waals surface area (Å²) in [5.41, 5.74) is 0.797. The van der Waals surface area contributed by atoms with Gasteiger partial charge >= 0.3 is 6.09 Å². The highest BCUT2D eigenvalue weighted by Crippen LogP contribution is 2.36. The van der Waals surface area contributed by atoms with E-state index < -0.39 is 23.3 Å². The predicted octanol–water partition coefficient (Wildman–Crippen LogP) is 3.93. The Labute approximate surface area is 133 Å². The number of alkyl carbamates (subject to hydrolysis) is 1. The molecule has 6 heteroatoms. The molecule has 1 aliphatic rings. The van der Waals surface area contributed by atoms with Crippen LogP contribution in [0.1, 0.15) is 39.2 Å².